The molecule has 96 valence electrons. The van der Waals surface area contributed by atoms with Crippen LogP contribution in [-0.4, -0.2) is 10.1 Å². The van der Waals surface area contributed by atoms with E-state index in [1.807, 2.05) is 30.3 Å². The van der Waals surface area contributed by atoms with Crippen LogP contribution < -0.4 is 0 Å². The first-order valence-corrected chi connectivity index (χ1v) is 7.70. The van der Waals surface area contributed by atoms with Crippen LogP contribution in [0.25, 0.3) is 10.2 Å². The first-order chi connectivity index (χ1) is 9.26. The molecule has 0 saturated heterocycles. The Bertz CT molecular complexity index is 693. The largest absolute Gasteiger partial charge is 0.392 e. The normalized spacial score (nSPS) is 11.1. The van der Waals surface area contributed by atoms with E-state index in [1.165, 1.54) is 0 Å². The smallest absolute Gasteiger partial charge is 0.155 e. The Hall–Kier alpha value is -1.07. The Morgan fingerprint density at radius 2 is 2.05 bits per heavy atom. The summed E-state index contributed by atoms with van der Waals surface area (Å²) in [6.07, 6.45) is 0. The van der Waals surface area contributed by atoms with Crippen molar-refractivity contribution in [3.63, 3.8) is 0 Å². The molecule has 3 rings (SSSR count). The van der Waals surface area contributed by atoms with Gasteiger partial charge in [0.25, 0.3) is 0 Å². The lowest BCUT2D eigenvalue weighted by Gasteiger charge is -2.05. The van der Waals surface area contributed by atoms with E-state index in [9.17, 15) is 5.11 Å². The first-order valence-electron chi connectivity index (χ1n) is 5.69. The van der Waals surface area contributed by atoms with Crippen LogP contribution in [0, 0.1) is 0 Å². The number of thiazole rings is 1. The molecule has 19 heavy (non-hydrogen) atoms. The van der Waals surface area contributed by atoms with E-state index in [-0.39, 0.29) is 6.61 Å². The summed E-state index contributed by atoms with van der Waals surface area (Å²) in [4.78, 5) is 5.52. The van der Waals surface area contributed by atoms with Gasteiger partial charge in [0.15, 0.2) is 4.34 Å². The molecule has 1 N–H and O–H groups in total. The van der Waals surface area contributed by atoms with Gasteiger partial charge in [-0.05, 0) is 29.8 Å². The molecule has 0 saturated carbocycles. The Morgan fingerprint density at radius 3 is 2.84 bits per heavy atom. The summed E-state index contributed by atoms with van der Waals surface area (Å²) in [6, 6.07) is 13.5. The second-order valence-corrected chi connectivity index (χ2v) is 6.72. The number of fused-ring (bicyclic) bond motifs is 1. The second-order valence-electron chi connectivity index (χ2n) is 3.96. The number of halogens is 1. The number of nitrogens with zero attached hydrogens (tertiary/aromatic N) is 1. The van der Waals surface area contributed by atoms with Gasteiger partial charge in [0.1, 0.15) is 0 Å². The molecule has 1 aromatic heterocycles. The van der Waals surface area contributed by atoms with Gasteiger partial charge < -0.3 is 5.11 Å². The van der Waals surface area contributed by atoms with Gasteiger partial charge in [-0.25, -0.2) is 4.98 Å². The molecule has 0 aliphatic rings. The number of hydrogen-bond acceptors (Lipinski definition) is 4. The van der Waals surface area contributed by atoms with Gasteiger partial charge in [0, 0.05) is 9.92 Å². The molecule has 3 aromatic rings. The Balaban J connectivity index is 1.98. The third-order valence-electron chi connectivity index (χ3n) is 2.67. The quantitative estimate of drug-likeness (QED) is 0.768. The van der Waals surface area contributed by atoms with E-state index >= 15 is 0 Å². The minimum atomic E-state index is 0.00436. The molecule has 0 radical (unpaired) electrons. The maximum absolute atomic E-state index is 9.35. The highest BCUT2D eigenvalue weighted by atomic mass is 35.5. The van der Waals surface area contributed by atoms with Crippen LogP contribution in [-0.2, 0) is 6.61 Å². The van der Waals surface area contributed by atoms with Crippen LogP contribution >= 0.6 is 34.7 Å². The highest BCUT2D eigenvalue weighted by Crippen LogP contribution is 2.36. The highest BCUT2D eigenvalue weighted by molar-refractivity contribution is 8.01. The van der Waals surface area contributed by atoms with Gasteiger partial charge in [-0.15, -0.1) is 11.3 Å². The fraction of sp³-hybridized carbons (Fsp3) is 0.0714. The van der Waals surface area contributed by atoms with Crippen molar-refractivity contribution in [1.82, 2.24) is 4.98 Å². The average molecular weight is 308 g/mol. The molecule has 0 bridgehead atoms. The van der Waals surface area contributed by atoms with E-state index in [1.54, 1.807) is 29.2 Å². The number of aromatic nitrogens is 1. The van der Waals surface area contributed by atoms with Crippen molar-refractivity contribution in [3.05, 3.63) is 53.1 Å². The number of rotatable bonds is 3. The fourth-order valence-corrected chi connectivity index (χ4v) is 4.16. The Labute approximate surface area is 124 Å². The van der Waals surface area contributed by atoms with E-state index < -0.39 is 0 Å². The van der Waals surface area contributed by atoms with Crippen molar-refractivity contribution in [3.8, 4) is 0 Å². The minimum Gasteiger partial charge on any atom is -0.392 e. The van der Waals surface area contributed by atoms with E-state index in [4.69, 9.17) is 11.6 Å². The van der Waals surface area contributed by atoms with Gasteiger partial charge in [0.2, 0.25) is 0 Å². The number of benzene rings is 2. The monoisotopic (exact) mass is 307 g/mol. The lowest BCUT2D eigenvalue weighted by molar-refractivity contribution is 0.279. The Kier molecular flexibility index (Phi) is 3.75. The SMILES string of the molecule is OCc1ccc(Cl)cc1Sc1nc2ccccc2s1. The third-order valence-corrected chi connectivity index (χ3v) is 5.10. The predicted octanol–water partition coefficient (Wildman–Crippen LogP) is 4.59. The van der Waals surface area contributed by atoms with Gasteiger partial charge >= 0.3 is 0 Å². The van der Waals surface area contributed by atoms with Crippen LogP contribution in [0.15, 0.2) is 51.7 Å². The molecular weight excluding hydrogens is 298 g/mol. The molecular formula is C14H10ClNOS2. The zero-order valence-electron chi connectivity index (χ0n) is 9.84. The standard InChI is InChI=1S/C14H10ClNOS2/c15-10-6-5-9(8-17)13(7-10)19-14-16-11-3-1-2-4-12(11)18-14/h1-7,17H,8H2. The molecule has 5 heteroatoms. The van der Waals surface area contributed by atoms with Crippen molar-refractivity contribution in [2.75, 3.05) is 0 Å². The molecule has 0 amide bonds. The number of hydrogen-bond donors (Lipinski definition) is 1. The summed E-state index contributed by atoms with van der Waals surface area (Å²) in [6.45, 7) is 0.00436. The summed E-state index contributed by atoms with van der Waals surface area (Å²) in [5, 5.41) is 10.0. The first kappa shape index (κ1) is 12.9. The van der Waals surface area contributed by atoms with Gasteiger partial charge in [-0.3, -0.25) is 0 Å². The summed E-state index contributed by atoms with van der Waals surface area (Å²) in [5.41, 5.74) is 1.87. The number of para-hydroxylation sites is 1. The molecule has 0 aliphatic heterocycles. The zero-order chi connectivity index (χ0) is 13.2. The maximum Gasteiger partial charge on any atom is 0.155 e. The van der Waals surface area contributed by atoms with Crippen molar-refractivity contribution >= 4 is 44.9 Å². The summed E-state index contributed by atoms with van der Waals surface area (Å²) in [7, 11) is 0. The molecule has 0 fully saturated rings. The van der Waals surface area contributed by atoms with Crippen LogP contribution in [0.4, 0.5) is 0 Å². The summed E-state index contributed by atoms with van der Waals surface area (Å²) < 4.78 is 2.12. The van der Waals surface area contributed by atoms with Gasteiger partial charge in [-0.2, -0.15) is 0 Å². The van der Waals surface area contributed by atoms with Crippen molar-refractivity contribution < 1.29 is 5.11 Å². The van der Waals surface area contributed by atoms with Crippen molar-refractivity contribution in [2.24, 2.45) is 0 Å². The van der Waals surface area contributed by atoms with Crippen LogP contribution in [0.3, 0.4) is 0 Å². The van der Waals surface area contributed by atoms with E-state index in [0.29, 0.717) is 5.02 Å². The minimum absolute atomic E-state index is 0.00436. The highest BCUT2D eigenvalue weighted by Gasteiger charge is 2.09. The molecule has 0 spiro atoms. The topological polar surface area (TPSA) is 33.1 Å². The van der Waals surface area contributed by atoms with Gasteiger partial charge in [0.05, 0.1) is 16.8 Å². The summed E-state index contributed by atoms with van der Waals surface area (Å²) in [5.74, 6) is 0. The van der Waals surface area contributed by atoms with Crippen LogP contribution in [0.5, 0.6) is 0 Å². The van der Waals surface area contributed by atoms with E-state index in [0.717, 1.165) is 25.0 Å². The van der Waals surface area contributed by atoms with E-state index in [2.05, 4.69) is 11.1 Å². The summed E-state index contributed by atoms with van der Waals surface area (Å²) >= 11 is 9.19. The zero-order valence-corrected chi connectivity index (χ0v) is 12.2. The molecule has 1 heterocycles. The Morgan fingerprint density at radius 1 is 1.21 bits per heavy atom. The number of aliphatic hydroxyl groups is 1. The van der Waals surface area contributed by atoms with Crippen molar-refractivity contribution in [1.29, 1.82) is 0 Å². The van der Waals surface area contributed by atoms with Crippen LogP contribution in [0.2, 0.25) is 5.02 Å². The lowest BCUT2D eigenvalue weighted by atomic mass is 10.2. The fourth-order valence-electron chi connectivity index (χ4n) is 1.74. The molecule has 0 atom stereocenters. The third kappa shape index (κ3) is 2.77. The molecule has 2 nitrogen and oxygen atoms in total. The molecule has 2 aromatic carbocycles. The van der Waals surface area contributed by atoms with Crippen molar-refractivity contribution in [2.45, 2.75) is 15.8 Å². The van der Waals surface area contributed by atoms with Crippen LogP contribution in [0.1, 0.15) is 5.56 Å². The lowest BCUT2D eigenvalue weighted by Crippen LogP contribution is -1.86. The number of aliphatic hydroxyl groups excluding tert-OH is 1. The second kappa shape index (κ2) is 5.51. The molecule has 0 unspecified atom stereocenters. The predicted molar refractivity (Wildman–Crippen MR) is 81.1 cm³/mol. The maximum atomic E-state index is 9.35. The average Bonchev–Trinajstić information content (AvgIpc) is 2.81. The molecule has 0 aliphatic carbocycles. The van der Waals surface area contributed by atoms with Gasteiger partial charge in [-0.1, -0.05) is 41.6 Å².